The van der Waals surface area contributed by atoms with Crippen molar-refractivity contribution in [3.63, 3.8) is 0 Å². The molecule has 9 heavy (non-hydrogen) atoms. The lowest BCUT2D eigenvalue weighted by Gasteiger charge is -2.10. The highest BCUT2D eigenvalue weighted by molar-refractivity contribution is 5.52. The molecule has 0 rings (SSSR count). The Kier molecular flexibility index (Phi) is 5.21. The van der Waals surface area contributed by atoms with E-state index in [0.29, 0.717) is 0 Å². The highest BCUT2D eigenvalue weighted by atomic mass is 15.4. The standard InChI is InChI=1S/C6H15N3/c1-3-8-9(2)6-4-5-7/h3H,4-7H2,1-2H3/b8-3+. The highest BCUT2D eigenvalue weighted by Gasteiger charge is 1.87. The Labute approximate surface area is 56.5 Å². The lowest BCUT2D eigenvalue weighted by atomic mass is 10.4. The van der Waals surface area contributed by atoms with Crippen molar-refractivity contribution in [3.8, 4) is 0 Å². The highest BCUT2D eigenvalue weighted by Crippen LogP contribution is 1.83. The molecule has 0 aliphatic heterocycles. The monoisotopic (exact) mass is 129 g/mol. The first-order chi connectivity index (χ1) is 4.31. The normalized spacial score (nSPS) is 10.6. The summed E-state index contributed by atoms with van der Waals surface area (Å²) in [4.78, 5) is 0. The zero-order chi connectivity index (χ0) is 7.11. The third-order valence-electron chi connectivity index (χ3n) is 0.998. The van der Waals surface area contributed by atoms with Crippen LogP contribution in [0.5, 0.6) is 0 Å². The van der Waals surface area contributed by atoms with Gasteiger partial charge in [0.05, 0.1) is 0 Å². The van der Waals surface area contributed by atoms with Crippen LogP contribution in [0.2, 0.25) is 0 Å². The molecule has 0 aromatic rings. The molecule has 3 nitrogen and oxygen atoms in total. The van der Waals surface area contributed by atoms with Crippen LogP contribution < -0.4 is 5.73 Å². The summed E-state index contributed by atoms with van der Waals surface area (Å²) in [7, 11) is 1.94. The minimum Gasteiger partial charge on any atom is -0.330 e. The van der Waals surface area contributed by atoms with Crippen LogP contribution in [-0.2, 0) is 0 Å². The van der Waals surface area contributed by atoms with Gasteiger partial charge < -0.3 is 10.7 Å². The van der Waals surface area contributed by atoms with Gasteiger partial charge in [-0.15, -0.1) is 0 Å². The SMILES string of the molecule is C/C=N/N(C)CCCN. The number of hydrogen-bond acceptors (Lipinski definition) is 3. The summed E-state index contributed by atoms with van der Waals surface area (Å²) in [5.74, 6) is 0. The second-order valence-corrected chi connectivity index (χ2v) is 1.90. The Morgan fingerprint density at radius 1 is 1.67 bits per heavy atom. The van der Waals surface area contributed by atoms with Crippen LogP contribution in [-0.4, -0.2) is 31.4 Å². The van der Waals surface area contributed by atoms with Crippen LogP contribution in [0.4, 0.5) is 0 Å². The van der Waals surface area contributed by atoms with Gasteiger partial charge in [-0.25, -0.2) is 0 Å². The lowest BCUT2D eigenvalue weighted by molar-refractivity contribution is 0.352. The Morgan fingerprint density at radius 2 is 2.33 bits per heavy atom. The van der Waals surface area contributed by atoms with E-state index < -0.39 is 0 Å². The third-order valence-corrected chi connectivity index (χ3v) is 0.998. The average molecular weight is 129 g/mol. The van der Waals surface area contributed by atoms with Gasteiger partial charge in [0.25, 0.3) is 0 Å². The molecule has 0 fully saturated rings. The molecule has 0 aromatic heterocycles. The van der Waals surface area contributed by atoms with Crippen molar-refractivity contribution in [2.24, 2.45) is 10.8 Å². The summed E-state index contributed by atoms with van der Waals surface area (Å²) in [5.41, 5.74) is 5.29. The van der Waals surface area contributed by atoms with E-state index in [0.717, 1.165) is 19.5 Å². The second kappa shape index (κ2) is 5.56. The Balaban J connectivity index is 3.15. The van der Waals surface area contributed by atoms with Gasteiger partial charge in [0.1, 0.15) is 0 Å². The van der Waals surface area contributed by atoms with E-state index >= 15 is 0 Å². The van der Waals surface area contributed by atoms with E-state index in [4.69, 9.17) is 5.73 Å². The van der Waals surface area contributed by atoms with Crippen LogP contribution in [0.25, 0.3) is 0 Å². The maximum Gasteiger partial charge on any atom is 0.0368 e. The van der Waals surface area contributed by atoms with Crippen molar-refractivity contribution in [2.75, 3.05) is 20.1 Å². The molecule has 0 spiro atoms. The predicted octanol–water partition coefficient (Wildman–Crippen LogP) is 0.273. The summed E-state index contributed by atoms with van der Waals surface area (Å²) in [6.45, 7) is 3.59. The zero-order valence-electron chi connectivity index (χ0n) is 6.17. The smallest absolute Gasteiger partial charge is 0.0368 e. The van der Waals surface area contributed by atoms with Gasteiger partial charge in [0.15, 0.2) is 0 Å². The first-order valence-electron chi connectivity index (χ1n) is 3.21. The maximum atomic E-state index is 5.29. The largest absolute Gasteiger partial charge is 0.330 e. The van der Waals surface area contributed by atoms with E-state index in [-0.39, 0.29) is 0 Å². The topological polar surface area (TPSA) is 41.6 Å². The van der Waals surface area contributed by atoms with E-state index in [1.807, 2.05) is 19.0 Å². The van der Waals surface area contributed by atoms with Crippen molar-refractivity contribution in [1.82, 2.24) is 5.01 Å². The van der Waals surface area contributed by atoms with Crippen LogP contribution in [0, 0.1) is 0 Å². The molecular formula is C6H15N3. The van der Waals surface area contributed by atoms with E-state index in [2.05, 4.69) is 5.10 Å². The molecule has 3 heteroatoms. The summed E-state index contributed by atoms with van der Waals surface area (Å²) in [6, 6.07) is 0. The summed E-state index contributed by atoms with van der Waals surface area (Å²) >= 11 is 0. The van der Waals surface area contributed by atoms with Gasteiger partial charge in [-0.1, -0.05) is 0 Å². The number of rotatable bonds is 4. The van der Waals surface area contributed by atoms with E-state index in [1.165, 1.54) is 0 Å². The first-order valence-corrected chi connectivity index (χ1v) is 3.21. The fourth-order valence-corrected chi connectivity index (χ4v) is 0.575. The third kappa shape index (κ3) is 5.30. The van der Waals surface area contributed by atoms with Gasteiger partial charge in [0.2, 0.25) is 0 Å². The lowest BCUT2D eigenvalue weighted by Crippen LogP contribution is -2.15. The summed E-state index contributed by atoms with van der Waals surface area (Å²) in [5, 5.41) is 5.90. The van der Waals surface area contributed by atoms with Crippen LogP contribution in [0.1, 0.15) is 13.3 Å². The van der Waals surface area contributed by atoms with Gasteiger partial charge >= 0.3 is 0 Å². The molecule has 0 heterocycles. The van der Waals surface area contributed by atoms with Crippen molar-refractivity contribution >= 4 is 6.21 Å². The number of hydrogen-bond donors (Lipinski definition) is 1. The van der Waals surface area contributed by atoms with Gasteiger partial charge in [0, 0.05) is 19.8 Å². The average Bonchev–Trinajstić information content (AvgIpc) is 1.85. The Morgan fingerprint density at radius 3 is 2.78 bits per heavy atom. The van der Waals surface area contributed by atoms with Crippen LogP contribution in [0.15, 0.2) is 5.10 Å². The van der Waals surface area contributed by atoms with Crippen LogP contribution in [0.3, 0.4) is 0 Å². The first kappa shape index (κ1) is 8.43. The number of nitrogens with two attached hydrogens (primary N) is 1. The van der Waals surface area contributed by atoms with E-state index in [1.54, 1.807) is 6.21 Å². The zero-order valence-corrected chi connectivity index (χ0v) is 6.17. The molecule has 2 N–H and O–H groups in total. The molecule has 0 amide bonds. The predicted molar refractivity (Wildman–Crippen MR) is 40.5 cm³/mol. The molecule has 0 saturated heterocycles. The fraction of sp³-hybridized carbons (Fsp3) is 0.833. The summed E-state index contributed by atoms with van der Waals surface area (Å²) in [6.07, 6.45) is 2.78. The molecular weight excluding hydrogens is 114 g/mol. The summed E-state index contributed by atoms with van der Waals surface area (Å²) < 4.78 is 0. The quantitative estimate of drug-likeness (QED) is 0.437. The van der Waals surface area contributed by atoms with Gasteiger partial charge in [-0.05, 0) is 19.9 Å². The number of hydrazone groups is 1. The van der Waals surface area contributed by atoms with Gasteiger partial charge in [-0.3, -0.25) is 0 Å². The fourth-order valence-electron chi connectivity index (χ4n) is 0.575. The van der Waals surface area contributed by atoms with Crippen molar-refractivity contribution in [2.45, 2.75) is 13.3 Å². The molecule has 0 unspecified atom stereocenters. The molecule has 0 saturated carbocycles. The Hall–Kier alpha value is -0.570. The molecule has 0 aliphatic rings. The minimum atomic E-state index is 0.740. The molecule has 0 radical (unpaired) electrons. The maximum absolute atomic E-state index is 5.29. The molecule has 0 aliphatic carbocycles. The molecule has 0 atom stereocenters. The molecule has 0 aromatic carbocycles. The van der Waals surface area contributed by atoms with Crippen molar-refractivity contribution < 1.29 is 0 Å². The number of nitrogens with zero attached hydrogens (tertiary/aromatic N) is 2. The molecule has 0 bridgehead atoms. The minimum absolute atomic E-state index is 0.740. The van der Waals surface area contributed by atoms with Crippen molar-refractivity contribution in [3.05, 3.63) is 0 Å². The van der Waals surface area contributed by atoms with E-state index in [9.17, 15) is 0 Å². The second-order valence-electron chi connectivity index (χ2n) is 1.90. The molecule has 54 valence electrons. The van der Waals surface area contributed by atoms with Crippen molar-refractivity contribution in [1.29, 1.82) is 0 Å². The Bertz CT molecular complexity index is 80.4. The van der Waals surface area contributed by atoms with Gasteiger partial charge in [-0.2, -0.15) is 5.10 Å². The van der Waals surface area contributed by atoms with Crippen LogP contribution >= 0.6 is 0 Å².